The lowest BCUT2D eigenvalue weighted by Gasteiger charge is -2.30. The van der Waals surface area contributed by atoms with Crippen LogP contribution in [0, 0.1) is 6.92 Å². The summed E-state index contributed by atoms with van der Waals surface area (Å²) in [5.41, 5.74) is 5.08. The van der Waals surface area contributed by atoms with E-state index in [2.05, 4.69) is 11.1 Å². The zero-order chi connectivity index (χ0) is 20.0. The average molecular weight is 410 g/mol. The molecule has 29 heavy (non-hydrogen) atoms. The van der Waals surface area contributed by atoms with Crippen molar-refractivity contribution in [3.8, 4) is 0 Å². The summed E-state index contributed by atoms with van der Waals surface area (Å²) in [5.74, 6) is 0.250. The molecule has 3 aromatic heterocycles. The third-order valence-corrected chi connectivity index (χ3v) is 6.28. The van der Waals surface area contributed by atoms with E-state index in [9.17, 15) is 4.79 Å². The lowest BCUT2D eigenvalue weighted by Crippen LogP contribution is -2.24. The first-order valence-corrected chi connectivity index (χ1v) is 11.0. The molecule has 1 saturated heterocycles. The van der Waals surface area contributed by atoms with E-state index in [1.807, 2.05) is 31.5 Å². The first-order valence-electron chi connectivity index (χ1n) is 9.75. The summed E-state index contributed by atoms with van der Waals surface area (Å²) in [6.45, 7) is 3.39. The van der Waals surface area contributed by atoms with Gasteiger partial charge in [0.2, 0.25) is 0 Å². The molecule has 0 spiro atoms. The fourth-order valence-electron chi connectivity index (χ4n) is 4.15. The van der Waals surface area contributed by atoms with Gasteiger partial charge in [0, 0.05) is 30.5 Å². The van der Waals surface area contributed by atoms with Crippen molar-refractivity contribution in [2.24, 2.45) is 0 Å². The van der Waals surface area contributed by atoms with Gasteiger partial charge in [0.1, 0.15) is 5.65 Å². The van der Waals surface area contributed by atoms with Crippen molar-refractivity contribution in [2.45, 2.75) is 50.2 Å². The number of aromatic nitrogens is 4. The van der Waals surface area contributed by atoms with Crippen molar-refractivity contribution in [2.75, 3.05) is 12.9 Å². The van der Waals surface area contributed by atoms with Gasteiger partial charge in [0.15, 0.2) is 5.16 Å². The first kappa shape index (κ1) is 18.7. The summed E-state index contributed by atoms with van der Waals surface area (Å²) in [5, 5.41) is 0.674. The number of thioether (sulfide) groups is 1. The van der Waals surface area contributed by atoms with E-state index in [0.717, 1.165) is 35.5 Å². The smallest absolute Gasteiger partial charge is 0.265 e. The van der Waals surface area contributed by atoms with Gasteiger partial charge in [-0.05, 0) is 43.7 Å². The molecule has 3 aromatic rings. The maximum absolute atomic E-state index is 12.9. The maximum atomic E-state index is 12.9. The molecule has 8 heteroatoms. The van der Waals surface area contributed by atoms with Crippen LogP contribution in [-0.2, 0) is 22.7 Å². The Bertz CT molecular complexity index is 1150. The molecule has 7 nitrogen and oxygen atoms in total. The van der Waals surface area contributed by atoms with Gasteiger partial charge in [0.05, 0.1) is 36.3 Å². The zero-order valence-corrected chi connectivity index (χ0v) is 17.2. The van der Waals surface area contributed by atoms with Crippen LogP contribution in [0.2, 0.25) is 0 Å². The molecule has 1 fully saturated rings. The molecule has 2 unspecified atom stereocenters. The summed E-state index contributed by atoms with van der Waals surface area (Å²) >= 11 is 1.47. The largest absolute Gasteiger partial charge is 0.373 e. The SMILES string of the molecule is CSc1nc(C2CCOC(c3ccnc(C)c3)C2)cc2nc3c(c(=O)n12)COC3. The normalized spacial score (nSPS) is 21.4. The van der Waals surface area contributed by atoms with Crippen molar-refractivity contribution < 1.29 is 9.47 Å². The van der Waals surface area contributed by atoms with Crippen molar-refractivity contribution in [3.05, 3.63) is 63.0 Å². The number of aryl methyl sites for hydroxylation is 1. The Morgan fingerprint density at radius 3 is 2.97 bits per heavy atom. The third-order valence-electron chi connectivity index (χ3n) is 5.64. The van der Waals surface area contributed by atoms with E-state index in [-0.39, 0.29) is 17.6 Å². The molecule has 0 N–H and O–H groups in total. The molecule has 0 radical (unpaired) electrons. The Morgan fingerprint density at radius 1 is 1.24 bits per heavy atom. The Labute approximate surface area is 172 Å². The van der Waals surface area contributed by atoms with Gasteiger partial charge >= 0.3 is 0 Å². The van der Waals surface area contributed by atoms with Crippen LogP contribution in [0.5, 0.6) is 0 Å². The molecule has 150 valence electrons. The van der Waals surface area contributed by atoms with Crippen LogP contribution >= 0.6 is 11.8 Å². The van der Waals surface area contributed by atoms with Gasteiger partial charge in [-0.1, -0.05) is 11.8 Å². The highest BCUT2D eigenvalue weighted by Crippen LogP contribution is 2.37. The molecule has 0 aliphatic carbocycles. The first-order chi connectivity index (χ1) is 14.1. The van der Waals surface area contributed by atoms with E-state index in [4.69, 9.17) is 19.4 Å². The van der Waals surface area contributed by atoms with E-state index < -0.39 is 0 Å². The summed E-state index contributed by atoms with van der Waals surface area (Å²) in [7, 11) is 0. The Kier molecular flexibility index (Phi) is 4.85. The molecule has 0 amide bonds. The van der Waals surface area contributed by atoms with E-state index in [1.165, 1.54) is 11.8 Å². The molecule has 2 atom stereocenters. The summed E-state index contributed by atoms with van der Waals surface area (Å²) < 4.78 is 13.1. The summed E-state index contributed by atoms with van der Waals surface area (Å²) in [6, 6.07) is 6.06. The second kappa shape index (κ2) is 7.51. The molecule has 0 bridgehead atoms. The van der Waals surface area contributed by atoms with Crippen LogP contribution < -0.4 is 5.56 Å². The minimum absolute atomic E-state index is 0.0229. The molecule has 2 aliphatic rings. The molecular formula is C21H22N4O3S. The van der Waals surface area contributed by atoms with E-state index >= 15 is 0 Å². The van der Waals surface area contributed by atoms with Crippen LogP contribution in [0.25, 0.3) is 5.65 Å². The number of fused-ring (bicyclic) bond motifs is 2. The topological polar surface area (TPSA) is 78.6 Å². The quantitative estimate of drug-likeness (QED) is 0.485. The number of hydrogen-bond donors (Lipinski definition) is 0. The minimum Gasteiger partial charge on any atom is -0.373 e. The van der Waals surface area contributed by atoms with Gasteiger partial charge in [-0.25, -0.2) is 14.4 Å². The van der Waals surface area contributed by atoms with Gasteiger partial charge in [0.25, 0.3) is 5.56 Å². The van der Waals surface area contributed by atoms with Crippen LogP contribution in [0.1, 0.15) is 53.1 Å². The highest BCUT2D eigenvalue weighted by molar-refractivity contribution is 7.98. The standard InChI is InChI=1S/C21H22N4O3S/c1-12-7-14(3-5-22-12)18-8-13(4-6-28-18)16-9-19-23-17-11-27-10-15(17)20(26)25(19)21(24-16)29-2/h3,5,7,9,13,18H,4,6,8,10-11H2,1-2H3. The summed E-state index contributed by atoms with van der Waals surface area (Å²) in [4.78, 5) is 26.8. The van der Waals surface area contributed by atoms with Crippen molar-refractivity contribution in [3.63, 3.8) is 0 Å². The number of rotatable bonds is 3. The van der Waals surface area contributed by atoms with Crippen LogP contribution in [-0.4, -0.2) is 32.2 Å². The number of nitrogens with zero attached hydrogens (tertiary/aromatic N) is 4. The van der Waals surface area contributed by atoms with E-state index in [0.29, 0.717) is 36.2 Å². The molecule has 5 heterocycles. The Balaban J connectivity index is 1.54. The van der Waals surface area contributed by atoms with Gasteiger partial charge in [-0.2, -0.15) is 0 Å². The van der Waals surface area contributed by atoms with Gasteiger partial charge < -0.3 is 9.47 Å². The van der Waals surface area contributed by atoms with Crippen molar-refractivity contribution in [1.29, 1.82) is 0 Å². The Morgan fingerprint density at radius 2 is 2.14 bits per heavy atom. The number of hydrogen-bond acceptors (Lipinski definition) is 7. The van der Waals surface area contributed by atoms with Crippen molar-refractivity contribution >= 4 is 17.4 Å². The monoisotopic (exact) mass is 410 g/mol. The second-order valence-corrected chi connectivity index (χ2v) is 8.28. The maximum Gasteiger partial charge on any atom is 0.265 e. The number of pyridine rings is 1. The fourth-order valence-corrected chi connectivity index (χ4v) is 4.71. The van der Waals surface area contributed by atoms with Crippen molar-refractivity contribution in [1.82, 2.24) is 19.4 Å². The van der Waals surface area contributed by atoms with Gasteiger partial charge in [-0.3, -0.25) is 9.78 Å². The highest BCUT2D eigenvalue weighted by atomic mass is 32.2. The van der Waals surface area contributed by atoms with E-state index in [1.54, 1.807) is 4.40 Å². The molecular weight excluding hydrogens is 388 g/mol. The predicted octanol–water partition coefficient (Wildman–Crippen LogP) is 3.18. The van der Waals surface area contributed by atoms with Crippen LogP contribution in [0.15, 0.2) is 34.3 Å². The second-order valence-electron chi connectivity index (χ2n) is 7.51. The predicted molar refractivity (Wildman–Crippen MR) is 109 cm³/mol. The molecule has 0 aromatic carbocycles. The van der Waals surface area contributed by atoms with Crippen LogP contribution in [0.3, 0.4) is 0 Å². The highest BCUT2D eigenvalue weighted by Gasteiger charge is 2.28. The molecule has 5 rings (SSSR count). The number of ether oxygens (including phenoxy) is 2. The lowest BCUT2D eigenvalue weighted by molar-refractivity contribution is 0.00446. The third kappa shape index (κ3) is 3.35. The lowest BCUT2D eigenvalue weighted by atomic mass is 9.89. The van der Waals surface area contributed by atoms with Gasteiger partial charge in [-0.15, -0.1) is 0 Å². The molecule has 2 aliphatic heterocycles. The van der Waals surface area contributed by atoms with Crippen LogP contribution in [0.4, 0.5) is 0 Å². The summed E-state index contributed by atoms with van der Waals surface area (Å²) in [6.07, 6.45) is 5.54. The zero-order valence-electron chi connectivity index (χ0n) is 16.4. The molecule has 0 saturated carbocycles. The Hall–Kier alpha value is -2.29. The minimum atomic E-state index is -0.0667. The average Bonchev–Trinajstić information content (AvgIpc) is 3.22. The fraction of sp³-hybridized carbons (Fsp3) is 0.429.